The highest BCUT2D eigenvalue weighted by atomic mass is 15.3. The molecule has 1 rings (SSSR count). The summed E-state index contributed by atoms with van der Waals surface area (Å²) < 4.78 is 0. The maximum atomic E-state index is 5.91. The number of nitrogens with one attached hydrogen (secondary N) is 1. The van der Waals surface area contributed by atoms with Crippen LogP contribution in [-0.2, 0) is 0 Å². The molecule has 0 bridgehead atoms. The largest absolute Gasteiger partial charge is 0.370 e. The normalized spacial score (nSPS) is 18.2. The molecule has 0 aromatic carbocycles. The summed E-state index contributed by atoms with van der Waals surface area (Å²) in [6, 6.07) is 0. The van der Waals surface area contributed by atoms with Crippen molar-refractivity contribution in [3.8, 4) is 0 Å². The van der Waals surface area contributed by atoms with Gasteiger partial charge in [0.2, 0.25) is 0 Å². The van der Waals surface area contributed by atoms with Gasteiger partial charge in [-0.3, -0.25) is 4.99 Å². The smallest absolute Gasteiger partial charge is 0.191 e. The van der Waals surface area contributed by atoms with E-state index in [0.29, 0.717) is 0 Å². The lowest BCUT2D eigenvalue weighted by Crippen LogP contribution is -2.49. The number of unbranched alkanes of at least 4 members (excludes halogenated alkanes) is 3. The number of nitrogens with two attached hydrogens (primary N) is 1. The van der Waals surface area contributed by atoms with Crippen molar-refractivity contribution in [1.29, 1.82) is 0 Å². The predicted molar refractivity (Wildman–Crippen MR) is 65.1 cm³/mol. The van der Waals surface area contributed by atoms with Crippen molar-refractivity contribution in [3.63, 3.8) is 0 Å². The molecule has 0 saturated carbocycles. The number of aliphatic imine (C=N–C) groups is 1. The first-order valence-corrected chi connectivity index (χ1v) is 6.10. The van der Waals surface area contributed by atoms with Crippen LogP contribution in [0.25, 0.3) is 0 Å². The van der Waals surface area contributed by atoms with Crippen LogP contribution in [-0.4, -0.2) is 43.6 Å². The Morgan fingerprint density at radius 2 is 2.00 bits per heavy atom. The molecule has 0 aromatic rings. The minimum Gasteiger partial charge on any atom is -0.370 e. The fourth-order valence-electron chi connectivity index (χ4n) is 1.73. The van der Waals surface area contributed by atoms with E-state index >= 15 is 0 Å². The molecular weight excluding hydrogens is 188 g/mol. The average molecular weight is 212 g/mol. The lowest BCUT2D eigenvalue weighted by Gasteiger charge is -2.28. The molecule has 1 aliphatic rings. The van der Waals surface area contributed by atoms with Gasteiger partial charge in [0.05, 0.1) is 0 Å². The topological polar surface area (TPSA) is 53.6 Å². The molecule has 0 atom stereocenters. The van der Waals surface area contributed by atoms with Crippen LogP contribution in [0, 0.1) is 0 Å². The molecule has 3 N–H and O–H groups in total. The third-order valence-electron chi connectivity index (χ3n) is 2.73. The van der Waals surface area contributed by atoms with Gasteiger partial charge in [-0.05, 0) is 6.42 Å². The van der Waals surface area contributed by atoms with Gasteiger partial charge in [0.1, 0.15) is 0 Å². The zero-order valence-electron chi connectivity index (χ0n) is 9.84. The van der Waals surface area contributed by atoms with E-state index in [2.05, 4.69) is 22.1 Å². The highest BCUT2D eigenvalue weighted by molar-refractivity contribution is 5.78. The highest BCUT2D eigenvalue weighted by Gasteiger charge is 2.10. The number of hydrogen-bond donors (Lipinski definition) is 2. The SMILES string of the molecule is CCCCCCN=C(N)N1CCNCC1. The Labute approximate surface area is 92.9 Å². The van der Waals surface area contributed by atoms with E-state index < -0.39 is 0 Å². The second-order valence-electron chi connectivity index (χ2n) is 4.04. The second kappa shape index (κ2) is 7.51. The van der Waals surface area contributed by atoms with E-state index in [4.69, 9.17) is 5.73 Å². The maximum Gasteiger partial charge on any atom is 0.191 e. The van der Waals surface area contributed by atoms with E-state index in [1.54, 1.807) is 0 Å². The summed E-state index contributed by atoms with van der Waals surface area (Å²) in [4.78, 5) is 6.58. The molecule has 0 unspecified atom stereocenters. The van der Waals surface area contributed by atoms with Crippen LogP contribution >= 0.6 is 0 Å². The van der Waals surface area contributed by atoms with Gasteiger partial charge in [-0.1, -0.05) is 26.2 Å². The van der Waals surface area contributed by atoms with Crippen molar-refractivity contribution in [2.24, 2.45) is 10.7 Å². The van der Waals surface area contributed by atoms with Gasteiger partial charge in [0, 0.05) is 32.7 Å². The number of piperazine rings is 1. The van der Waals surface area contributed by atoms with Crippen molar-refractivity contribution in [1.82, 2.24) is 10.2 Å². The second-order valence-corrected chi connectivity index (χ2v) is 4.04. The van der Waals surface area contributed by atoms with Gasteiger partial charge in [-0.25, -0.2) is 0 Å². The molecule has 1 aliphatic heterocycles. The van der Waals surface area contributed by atoms with Crippen molar-refractivity contribution in [3.05, 3.63) is 0 Å². The van der Waals surface area contributed by atoms with E-state index in [1.165, 1.54) is 25.7 Å². The summed E-state index contributed by atoms with van der Waals surface area (Å²) in [5.41, 5.74) is 5.91. The number of hydrogen-bond acceptors (Lipinski definition) is 2. The minimum absolute atomic E-state index is 0.730. The number of nitrogens with zero attached hydrogens (tertiary/aromatic N) is 2. The molecular formula is C11H24N4. The van der Waals surface area contributed by atoms with Crippen LogP contribution in [0.1, 0.15) is 32.6 Å². The predicted octanol–water partition coefficient (Wildman–Crippen LogP) is 0.787. The van der Waals surface area contributed by atoms with Gasteiger partial charge >= 0.3 is 0 Å². The maximum absolute atomic E-state index is 5.91. The van der Waals surface area contributed by atoms with Gasteiger partial charge in [-0.15, -0.1) is 0 Å². The van der Waals surface area contributed by atoms with E-state index in [9.17, 15) is 0 Å². The molecule has 0 aromatic heterocycles. The molecule has 0 amide bonds. The van der Waals surface area contributed by atoms with Gasteiger partial charge < -0.3 is 16.0 Å². The summed E-state index contributed by atoms with van der Waals surface area (Å²) in [6.45, 7) is 7.13. The molecule has 88 valence electrons. The van der Waals surface area contributed by atoms with Gasteiger partial charge in [-0.2, -0.15) is 0 Å². The van der Waals surface area contributed by atoms with Crippen molar-refractivity contribution >= 4 is 5.96 Å². The Kier molecular flexibility index (Phi) is 6.16. The Hall–Kier alpha value is -0.770. The molecule has 0 spiro atoms. The summed E-state index contributed by atoms with van der Waals surface area (Å²) in [6.07, 6.45) is 5.02. The monoisotopic (exact) mass is 212 g/mol. The Morgan fingerprint density at radius 3 is 2.67 bits per heavy atom. The summed E-state index contributed by atoms with van der Waals surface area (Å²) in [7, 11) is 0. The summed E-state index contributed by atoms with van der Waals surface area (Å²) >= 11 is 0. The van der Waals surface area contributed by atoms with Gasteiger partial charge in [0.15, 0.2) is 5.96 Å². The van der Waals surface area contributed by atoms with Crippen LogP contribution in [0.5, 0.6) is 0 Å². The van der Waals surface area contributed by atoms with Crippen LogP contribution < -0.4 is 11.1 Å². The van der Waals surface area contributed by atoms with Crippen LogP contribution in [0.3, 0.4) is 0 Å². The van der Waals surface area contributed by atoms with Gasteiger partial charge in [0.25, 0.3) is 0 Å². The molecule has 0 radical (unpaired) electrons. The Bertz CT molecular complexity index is 185. The van der Waals surface area contributed by atoms with Crippen LogP contribution in [0.2, 0.25) is 0 Å². The molecule has 1 fully saturated rings. The molecule has 4 nitrogen and oxygen atoms in total. The number of guanidine groups is 1. The van der Waals surface area contributed by atoms with E-state index in [-0.39, 0.29) is 0 Å². The van der Waals surface area contributed by atoms with Crippen LogP contribution in [0.4, 0.5) is 0 Å². The quantitative estimate of drug-likeness (QED) is 0.402. The zero-order chi connectivity index (χ0) is 10.9. The molecule has 1 saturated heterocycles. The zero-order valence-corrected chi connectivity index (χ0v) is 9.84. The first-order valence-electron chi connectivity index (χ1n) is 6.10. The Morgan fingerprint density at radius 1 is 1.27 bits per heavy atom. The minimum atomic E-state index is 0.730. The summed E-state index contributed by atoms with van der Waals surface area (Å²) in [5, 5.41) is 3.30. The van der Waals surface area contributed by atoms with E-state index in [0.717, 1.165) is 38.7 Å². The Balaban J connectivity index is 2.13. The first-order chi connectivity index (χ1) is 7.34. The lowest BCUT2D eigenvalue weighted by molar-refractivity contribution is 0.353. The van der Waals surface area contributed by atoms with Crippen LogP contribution in [0.15, 0.2) is 4.99 Å². The molecule has 1 heterocycles. The fourth-order valence-corrected chi connectivity index (χ4v) is 1.73. The van der Waals surface area contributed by atoms with Crippen molar-refractivity contribution < 1.29 is 0 Å². The number of rotatable bonds is 5. The molecule has 4 heteroatoms. The average Bonchev–Trinajstić information content (AvgIpc) is 2.30. The third kappa shape index (κ3) is 5.02. The fraction of sp³-hybridized carbons (Fsp3) is 0.909. The molecule has 0 aliphatic carbocycles. The lowest BCUT2D eigenvalue weighted by atomic mass is 10.2. The summed E-state index contributed by atoms with van der Waals surface area (Å²) in [5.74, 6) is 0.730. The third-order valence-corrected chi connectivity index (χ3v) is 2.73. The van der Waals surface area contributed by atoms with Crippen molar-refractivity contribution in [2.45, 2.75) is 32.6 Å². The van der Waals surface area contributed by atoms with E-state index in [1.807, 2.05) is 0 Å². The standard InChI is InChI=1S/C11H24N4/c1-2-3-4-5-6-14-11(12)15-9-7-13-8-10-15/h13H,2-10H2,1H3,(H2,12,14). The molecule has 15 heavy (non-hydrogen) atoms. The van der Waals surface area contributed by atoms with Crippen molar-refractivity contribution in [2.75, 3.05) is 32.7 Å². The first kappa shape index (κ1) is 12.3. The highest BCUT2D eigenvalue weighted by Crippen LogP contribution is 1.99.